The van der Waals surface area contributed by atoms with E-state index in [4.69, 9.17) is 21.7 Å². The third kappa shape index (κ3) is 5.76. The fraction of sp³-hybridized carbons (Fsp3) is 0.263. The highest BCUT2D eigenvalue weighted by Gasteiger charge is 2.12. The first-order valence-electron chi connectivity index (χ1n) is 8.12. The van der Waals surface area contributed by atoms with Crippen LogP contribution in [0.2, 0.25) is 0 Å². The lowest BCUT2D eigenvalue weighted by Crippen LogP contribution is -2.34. The van der Waals surface area contributed by atoms with E-state index in [9.17, 15) is 4.79 Å². The van der Waals surface area contributed by atoms with Crippen LogP contribution in [0, 0.1) is 0 Å². The number of rotatable bonds is 7. The van der Waals surface area contributed by atoms with Gasteiger partial charge in [0.2, 0.25) is 0 Å². The summed E-state index contributed by atoms with van der Waals surface area (Å²) >= 11 is 5.22. The third-order valence-corrected chi connectivity index (χ3v) is 3.64. The summed E-state index contributed by atoms with van der Waals surface area (Å²) in [5.74, 6) is 0.928. The smallest absolute Gasteiger partial charge is 0.261 e. The molecule has 2 N–H and O–H groups in total. The summed E-state index contributed by atoms with van der Waals surface area (Å²) in [6.07, 6.45) is 2.09. The number of carbonyl (C=O) groups is 1. The third-order valence-electron chi connectivity index (χ3n) is 3.44. The molecule has 0 atom stereocenters. The van der Waals surface area contributed by atoms with Gasteiger partial charge in [-0.05, 0) is 42.9 Å². The predicted octanol–water partition coefficient (Wildman–Crippen LogP) is 4.00. The molecule has 0 unspecified atom stereocenters. The Hall–Kier alpha value is -2.60. The van der Waals surface area contributed by atoms with E-state index in [0.717, 1.165) is 24.3 Å². The highest BCUT2D eigenvalue weighted by Crippen LogP contribution is 2.19. The maximum Gasteiger partial charge on any atom is 0.261 e. The second-order valence-corrected chi connectivity index (χ2v) is 5.75. The number of benzene rings is 2. The molecule has 0 radical (unpaired) electrons. The fourth-order valence-corrected chi connectivity index (χ4v) is 2.37. The van der Waals surface area contributed by atoms with Gasteiger partial charge >= 0.3 is 0 Å². The van der Waals surface area contributed by atoms with Crippen molar-refractivity contribution in [3.63, 3.8) is 0 Å². The molecule has 2 aromatic rings. The molecule has 0 saturated carbocycles. The van der Waals surface area contributed by atoms with Gasteiger partial charge in [-0.3, -0.25) is 10.1 Å². The number of hydrogen-bond acceptors (Lipinski definition) is 4. The van der Waals surface area contributed by atoms with Crippen molar-refractivity contribution < 1.29 is 14.3 Å². The number of ether oxygens (including phenoxy) is 2. The van der Waals surface area contributed by atoms with Crippen LogP contribution < -0.4 is 20.1 Å². The number of carbonyl (C=O) groups excluding carboxylic acids is 1. The standard InChI is InChI=1S/C19H22N2O3S/c1-3-4-12-24-15-9-7-8-14(13-15)20-19(25)21-18(22)16-10-5-6-11-17(16)23-2/h5-11,13H,3-4,12H2,1-2H3,(H2,20,21,22,25). The Bertz CT molecular complexity index is 734. The molecule has 0 fully saturated rings. The lowest BCUT2D eigenvalue weighted by molar-refractivity contribution is 0.0975. The molecule has 0 spiro atoms. The quantitative estimate of drug-likeness (QED) is 0.579. The minimum absolute atomic E-state index is 0.210. The summed E-state index contributed by atoms with van der Waals surface area (Å²) in [7, 11) is 1.52. The van der Waals surface area contributed by atoms with Crippen LogP contribution in [0.3, 0.4) is 0 Å². The molecule has 2 aromatic carbocycles. The topological polar surface area (TPSA) is 59.6 Å². The van der Waals surface area contributed by atoms with Crippen LogP contribution in [-0.2, 0) is 0 Å². The van der Waals surface area contributed by atoms with Crippen molar-refractivity contribution in [2.45, 2.75) is 19.8 Å². The Morgan fingerprint density at radius 3 is 2.72 bits per heavy atom. The number of methoxy groups -OCH3 is 1. The van der Waals surface area contributed by atoms with Crippen molar-refractivity contribution in [3.8, 4) is 11.5 Å². The molecule has 0 bridgehead atoms. The molecule has 0 aliphatic heterocycles. The molecule has 0 heterocycles. The highest BCUT2D eigenvalue weighted by atomic mass is 32.1. The van der Waals surface area contributed by atoms with Crippen LogP contribution in [0.25, 0.3) is 0 Å². The summed E-state index contributed by atoms with van der Waals surface area (Å²) in [5.41, 5.74) is 1.17. The molecule has 0 aliphatic carbocycles. The van der Waals surface area contributed by atoms with Crippen molar-refractivity contribution in [1.29, 1.82) is 0 Å². The highest BCUT2D eigenvalue weighted by molar-refractivity contribution is 7.80. The zero-order chi connectivity index (χ0) is 18.1. The van der Waals surface area contributed by atoms with E-state index in [1.807, 2.05) is 24.3 Å². The first kappa shape index (κ1) is 18.7. The van der Waals surface area contributed by atoms with Crippen molar-refractivity contribution in [3.05, 3.63) is 54.1 Å². The van der Waals surface area contributed by atoms with Gasteiger partial charge in [-0.25, -0.2) is 0 Å². The second-order valence-electron chi connectivity index (χ2n) is 5.34. The number of hydrogen-bond donors (Lipinski definition) is 2. The number of anilines is 1. The van der Waals surface area contributed by atoms with Gasteiger partial charge in [-0.2, -0.15) is 0 Å². The van der Waals surface area contributed by atoms with E-state index in [1.54, 1.807) is 24.3 Å². The van der Waals surface area contributed by atoms with Gasteiger partial charge in [-0.15, -0.1) is 0 Å². The summed E-state index contributed by atoms with van der Waals surface area (Å²) in [4.78, 5) is 12.3. The average Bonchev–Trinajstić information content (AvgIpc) is 2.62. The molecule has 25 heavy (non-hydrogen) atoms. The summed E-state index contributed by atoms with van der Waals surface area (Å²) in [5, 5.41) is 5.85. The van der Waals surface area contributed by atoms with E-state index in [-0.39, 0.29) is 11.0 Å². The molecule has 2 rings (SSSR count). The van der Waals surface area contributed by atoms with E-state index < -0.39 is 0 Å². The van der Waals surface area contributed by atoms with Gasteiger partial charge in [0.05, 0.1) is 19.3 Å². The Morgan fingerprint density at radius 1 is 1.16 bits per heavy atom. The number of unbranched alkanes of at least 4 members (excludes halogenated alkanes) is 1. The second kappa shape index (κ2) is 9.64. The zero-order valence-corrected chi connectivity index (χ0v) is 15.2. The maximum atomic E-state index is 12.3. The van der Waals surface area contributed by atoms with Crippen LogP contribution >= 0.6 is 12.2 Å². The zero-order valence-electron chi connectivity index (χ0n) is 14.4. The summed E-state index contributed by atoms with van der Waals surface area (Å²) < 4.78 is 10.8. The lowest BCUT2D eigenvalue weighted by Gasteiger charge is -2.12. The van der Waals surface area contributed by atoms with Crippen molar-refractivity contribution in [2.75, 3.05) is 19.0 Å². The monoisotopic (exact) mass is 358 g/mol. The van der Waals surface area contributed by atoms with E-state index in [1.165, 1.54) is 7.11 Å². The Balaban J connectivity index is 1.95. The van der Waals surface area contributed by atoms with E-state index in [2.05, 4.69) is 17.6 Å². The lowest BCUT2D eigenvalue weighted by atomic mass is 10.2. The molecule has 0 aromatic heterocycles. The van der Waals surface area contributed by atoms with Crippen LogP contribution in [0.15, 0.2) is 48.5 Å². The van der Waals surface area contributed by atoms with Gasteiger partial charge < -0.3 is 14.8 Å². The van der Waals surface area contributed by atoms with Crippen LogP contribution in [0.1, 0.15) is 30.1 Å². The largest absolute Gasteiger partial charge is 0.496 e. The molecule has 132 valence electrons. The molecule has 5 nitrogen and oxygen atoms in total. The average molecular weight is 358 g/mol. The van der Waals surface area contributed by atoms with E-state index in [0.29, 0.717) is 17.9 Å². The SMILES string of the molecule is CCCCOc1cccc(NC(=S)NC(=O)c2ccccc2OC)c1. The number of amides is 1. The fourth-order valence-electron chi connectivity index (χ4n) is 2.16. The first-order valence-corrected chi connectivity index (χ1v) is 8.53. The Labute approximate surface area is 153 Å². The van der Waals surface area contributed by atoms with Gasteiger partial charge in [-0.1, -0.05) is 31.5 Å². The summed E-state index contributed by atoms with van der Waals surface area (Å²) in [6, 6.07) is 14.4. The molecular formula is C19H22N2O3S. The molecule has 0 saturated heterocycles. The minimum Gasteiger partial charge on any atom is -0.496 e. The molecule has 0 aliphatic rings. The Kier molecular flexibility index (Phi) is 7.22. The number of para-hydroxylation sites is 1. The Morgan fingerprint density at radius 2 is 1.96 bits per heavy atom. The summed E-state index contributed by atoms with van der Waals surface area (Å²) in [6.45, 7) is 2.79. The normalized spacial score (nSPS) is 10.0. The molecule has 1 amide bonds. The van der Waals surface area contributed by atoms with Gasteiger partial charge in [0.1, 0.15) is 11.5 Å². The van der Waals surface area contributed by atoms with E-state index >= 15 is 0 Å². The molecule has 6 heteroatoms. The van der Waals surface area contributed by atoms with Crippen LogP contribution in [0.5, 0.6) is 11.5 Å². The van der Waals surface area contributed by atoms with Gasteiger partial charge in [0, 0.05) is 11.8 Å². The van der Waals surface area contributed by atoms with Gasteiger partial charge in [0.25, 0.3) is 5.91 Å². The van der Waals surface area contributed by atoms with Crippen LogP contribution in [-0.4, -0.2) is 24.7 Å². The number of thiocarbonyl (C=S) groups is 1. The minimum atomic E-state index is -0.328. The number of nitrogens with one attached hydrogen (secondary N) is 2. The maximum absolute atomic E-state index is 12.3. The van der Waals surface area contributed by atoms with Crippen molar-refractivity contribution in [1.82, 2.24) is 5.32 Å². The van der Waals surface area contributed by atoms with Crippen molar-refractivity contribution in [2.24, 2.45) is 0 Å². The van der Waals surface area contributed by atoms with Crippen molar-refractivity contribution >= 4 is 28.9 Å². The first-order chi connectivity index (χ1) is 12.1. The molecular weight excluding hydrogens is 336 g/mol. The predicted molar refractivity (Wildman–Crippen MR) is 104 cm³/mol. The van der Waals surface area contributed by atoms with Crippen LogP contribution in [0.4, 0.5) is 5.69 Å². The van der Waals surface area contributed by atoms with Gasteiger partial charge in [0.15, 0.2) is 5.11 Å².